The summed E-state index contributed by atoms with van der Waals surface area (Å²) >= 11 is 0. The number of rotatable bonds is 2. The van der Waals surface area contributed by atoms with Crippen molar-refractivity contribution in [2.24, 2.45) is 5.73 Å². The predicted octanol–water partition coefficient (Wildman–Crippen LogP) is 0.992. The highest BCUT2D eigenvalue weighted by Gasteiger charge is 2.33. The molecule has 4 nitrogen and oxygen atoms in total. The number of nitrogens with zero attached hydrogens (tertiary/aromatic N) is 1. The SMILES string of the molecule is NCc1cc2c(cc1F)C(=O)N(C1CCCNC1)C2. The lowest BCUT2D eigenvalue weighted by Crippen LogP contribution is -2.46. The topological polar surface area (TPSA) is 58.4 Å². The second kappa shape index (κ2) is 4.90. The molecule has 0 saturated carbocycles. The number of carbonyl (C=O) groups excluding carboxylic acids is 1. The first-order chi connectivity index (χ1) is 9.20. The lowest BCUT2D eigenvalue weighted by atomic mass is 10.1. The molecule has 19 heavy (non-hydrogen) atoms. The van der Waals surface area contributed by atoms with Crippen molar-refractivity contribution in [3.63, 3.8) is 0 Å². The molecule has 2 aliphatic heterocycles. The van der Waals surface area contributed by atoms with Crippen LogP contribution in [0.2, 0.25) is 0 Å². The maximum Gasteiger partial charge on any atom is 0.254 e. The van der Waals surface area contributed by atoms with Gasteiger partial charge in [0.15, 0.2) is 0 Å². The molecule has 102 valence electrons. The number of hydrogen-bond acceptors (Lipinski definition) is 3. The second-order valence-electron chi connectivity index (χ2n) is 5.24. The highest BCUT2D eigenvalue weighted by Crippen LogP contribution is 2.28. The van der Waals surface area contributed by atoms with E-state index in [1.54, 1.807) is 6.07 Å². The summed E-state index contributed by atoms with van der Waals surface area (Å²) < 4.78 is 13.7. The molecule has 1 atom stereocenters. The molecule has 1 aromatic carbocycles. The minimum atomic E-state index is -0.377. The van der Waals surface area contributed by atoms with Crippen LogP contribution in [0.1, 0.15) is 34.3 Å². The summed E-state index contributed by atoms with van der Waals surface area (Å²) in [5.41, 5.74) is 7.39. The zero-order chi connectivity index (χ0) is 13.4. The van der Waals surface area contributed by atoms with E-state index in [1.165, 1.54) is 6.07 Å². The van der Waals surface area contributed by atoms with Gasteiger partial charge in [-0.2, -0.15) is 0 Å². The molecule has 1 fully saturated rings. The Kier molecular flexibility index (Phi) is 3.24. The summed E-state index contributed by atoms with van der Waals surface area (Å²) in [6.07, 6.45) is 2.09. The fraction of sp³-hybridized carbons (Fsp3) is 0.500. The molecular formula is C14H18FN3O. The molecule has 2 heterocycles. The van der Waals surface area contributed by atoms with Crippen molar-refractivity contribution in [3.05, 3.63) is 34.6 Å². The van der Waals surface area contributed by atoms with Gasteiger partial charge in [0.05, 0.1) is 0 Å². The van der Waals surface area contributed by atoms with Gasteiger partial charge in [0, 0.05) is 36.8 Å². The molecule has 0 aromatic heterocycles. The smallest absolute Gasteiger partial charge is 0.254 e. The van der Waals surface area contributed by atoms with Crippen LogP contribution in [-0.4, -0.2) is 29.9 Å². The lowest BCUT2D eigenvalue weighted by molar-refractivity contribution is 0.0674. The van der Waals surface area contributed by atoms with Crippen LogP contribution < -0.4 is 11.1 Å². The summed E-state index contributed by atoms with van der Waals surface area (Å²) in [6, 6.07) is 3.30. The van der Waals surface area contributed by atoms with Crippen LogP contribution >= 0.6 is 0 Å². The fourth-order valence-corrected chi connectivity index (χ4v) is 2.96. The standard InChI is InChI=1S/C14H18FN3O/c15-13-5-12-10(4-9(13)6-16)8-18(14(12)19)11-2-1-3-17-7-11/h4-5,11,17H,1-3,6-8,16H2. The molecule has 0 radical (unpaired) electrons. The van der Waals surface area contributed by atoms with Gasteiger partial charge in [0.2, 0.25) is 0 Å². The molecule has 5 heteroatoms. The third kappa shape index (κ3) is 2.13. The molecule has 1 aromatic rings. The number of nitrogens with two attached hydrogens (primary N) is 1. The Hall–Kier alpha value is -1.46. The van der Waals surface area contributed by atoms with E-state index in [9.17, 15) is 9.18 Å². The maximum atomic E-state index is 13.7. The van der Waals surface area contributed by atoms with Crippen LogP contribution in [-0.2, 0) is 13.1 Å². The summed E-state index contributed by atoms with van der Waals surface area (Å²) in [7, 11) is 0. The summed E-state index contributed by atoms with van der Waals surface area (Å²) in [4.78, 5) is 14.2. The Labute approximate surface area is 111 Å². The summed E-state index contributed by atoms with van der Waals surface area (Å²) in [6.45, 7) is 2.58. The third-order valence-corrected chi connectivity index (χ3v) is 4.04. The number of piperidine rings is 1. The van der Waals surface area contributed by atoms with Gasteiger partial charge in [-0.3, -0.25) is 4.79 Å². The highest BCUT2D eigenvalue weighted by atomic mass is 19.1. The number of amides is 1. The molecule has 3 rings (SSSR count). The van der Waals surface area contributed by atoms with Crippen LogP contribution in [0.3, 0.4) is 0 Å². The number of fused-ring (bicyclic) bond motifs is 1. The largest absolute Gasteiger partial charge is 0.330 e. The third-order valence-electron chi connectivity index (χ3n) is 4.04. The van der Waals surface area contributed by atoms with Crippen LogP contribution in [0.4, 0.5) is 4.39 Å². The van der Waals surface area contributed by atoms with Gasteiger partial charge in [0.1, 0.15) is 5.82 Å². The van der Waals surface area contributed by atoms with Crippen molar-refractivity contribution in [2.75, 3.05) is 13.1 Å². The molecule has 1 amide bonds. The first-order valence-corrected chi connectivity index (χ1v) is 6.73. The van der Waals surface area contributed by atoms with Gasteiger partial charge in [-0.1, -0.05) is 0 Å². The molecule has 2 aliphatic rings. The Bertz CT molecular complexity index is 512. The monoisotopic (exact) mass is 263 g/mol. The maximum absolute atomic E-state index is 13.7. The molecule has 0 bridgehead atoms. The van der Waals surface area contributed by atoms with E-state index in [1.807, 2.05) is 4.90 Å². The minimum Gasteiger partial charge on any atom is -0.330 e. The zero-order valence-electron chi connectivity index (χ0n) is 10.8. The molecule has 3 N–H and O–H groups in total. The van der Waals surface area contributed by atoms with E-state index in [2.05, 4.69) is 5.32 Å². The summed E-state index contributed by atoms with van der Waals surface area (Å²) in [5.74, 6) is -0.426. The van der Waals surface area contributed by atoms with Crippen LogP contribution in [0.15, 0.2) is 12.1 Å². The van der Waals surface area contributed by atoms with E-state index >= 15 is 0 Å². The average molecular weight is 263 g/mol. The minimum absolute atomic E-state index is 0.0498. The van der Waals surface area contributed by atoms with E-state index < -0.39 is 0 Å². The van der Waals surface area contributed by atoms with E-state index in [0.717, 1.165) is 31.5 Å². The number of nitrogens with one attached hydrogen (secondary N) is 1. The van der Waals surface area contributed by atoms with Gasteiger partial charge < -0.3 is 16.0 Å². The van der Waals surface area contributed by atoms with Crippen molar-refractivity contribution in [1.29, 1.82) is 0 Å². The van der Waals surface area contributed by atoms with Crippen molar-refractivity contribution in [3.8, 4) is 0 Å². The number of hydrogen-bond donors (Lipinski definition) is 2. The van der Waals surface area contributed by atoms with E-state index in [0.29, 0.717) is 17.7 Å². The molecule has 0 aliphatic carbocycles. The molecule has 1 saturated heterocycles. The Morgan fingerprint density at radius 2 is 2.32 bits per heavy atom. The molecule has 1 unspecified atom stereocenters. The van der Waals surface area contributed by atoms with E-state index in [4.69, 9.17) is 5.73 Å². The second-order valence-corrected chi connectivity index (χ2v) is 5.24. The Balaban J connectivity index is 1.88. The van der Waals surface area contributed by atoms with Gasteiger partial charge in [0.25, 0.3) is 5.91 Å². The normalized spacial score (nSPS) is 22.7. The van der Waals surface area contributed by atoms with Crippen LogP contribution in [0.5, 0.6) is 0 Å². The molecular weight excluding hydrogens is 245 g/mol. The van der Waals surface area contributed by atoms with Crippen molar-refractivity contribution in [2.45, 2.75) is 32.0 Å². The van der Waals surface area contributed by atoms with Gasteiger partial charge in [-0.25, -0.2) is 4.39 Å². The highest BCUT2D eigenvalue weighted by molar-refractivity contribution is 5.98. The first kappa shape index (κ1) is 12.6. The fourth-order valence-electron chi connectivity index (χ4n) is 2.96. The van der Waals surface area contributed by atoms with Gasteiger partial charge >= 0.3 is 0 Å². The average Bonchev–Trinajstić information content (AvgIpc) is 2.76. The quantitative estimate of drug-likeness (QED) is 0.836. The first-order valence-electron chi connectivity index (χ1n) is 6.73. The Morgan fingerprint density at radius 3 is 3.00 bits per heavy atom. The van der Waals surface area contributed by atoms with E-state index in [-0.39, 0.29) is 24.3 Å². The predicted molar refractivity (Wildman–Crippen MR) is 70.1 cm³/mol. The van der Waals surface area contributed by atoms with Crippen LogP contribution in [0.25, 0.3) is 0 Å². The number of carbonyl (C=O) groups is 1. The summed E-state index contributed by atoms with van der Waals surface area (Å²) in [5, 5.41) is 3.31. The van der Waals surface area contributed by atoms with Crippen molar-refractivity contribution < 1.29 is 9.18 Å². The van der Waals surface area contributed by atoms with Crippen molar-refractivity contribution >= 4 is 5.91 Å². The Morgan fingerprint density at radius 1 is 1.47 bits per heavy atom. The molecule has 0 spiro atoms. The van der Waals surface area contributed by atoms with Gasteiger partial charge in [-0.15, -0.1) is 0 Å². The number of benzene rings is 1. The lowest BCUT2D eigenvalue weighted by Gasteiger charge is -2.31. The van der Waals surface area contributed by atoms with Crippen molar-refractivity contribution in [1.82, 2.24) is 10.2 Å². The zero-order valence-corrected chi connectivity index (χ0v) is 10.8. The van der Waals surface area contributed by atoms with Gasteiger partial charge in [-0.05, 0) is 37.1 Å². The number of halogens is 1. The van der Waals surface area contributed by atoms with Crippen LogP contribution in [0, 0.1) is 5.82 Å².